The van der Waals surface area contributed by atoms with Gasteiger partial charge in [-0.15, -0.1) is 0 Å². The number of methoxy groups -OCH3 is 1. The number of anilines is 5. The molecule has 1 aliphatic heterocycles. The molecule has 2 N–H and O–H groups in total. The molecule has 0 spiro atoms. The van der Waals surface area contributed by atoms with Gasteiger partial charge in [-0.2, -0.15) is 9.97 Å². The van der Waals surface area contributed by atoms with Crippen LogP contribution in [0.25, 0.3) is 0 Å². The summed E-state index contributed by atoms with van der Waals surface area (Å²) < 4.78 is 5.26. The molecular formula is C25H31N5O. The minimum Gasteiger partial charge on any atom is -0.497 e. The van der Waals surface area contributed by atoms with E-state index in [9.17, 15) is 0 Å². The molecule has 0 aliphatic carbocycles. The van der Waals surface area contributed by atoms with Gasteiger partial charge in [0.15, 0.2) is 0 Å². The Kier molecular flexibility index (Phi) is 6.26. The van der Waals surface area contributed by atoms with Crippen LogP contribution in [-0.2, 0) is 0 Å². The van der Waals surface area contributed by atoms with E-state index in [1.165, 1.54) is 30.4 Å². The van der Waals surface area contributed by atoms with Crippen LogP contribution in [0.1, 0.15) is 37.3 Å². The van der Waals surface area contributed by atoms with Gasteiger partial charge in [0.05, 0.1) is 7.11 Å². The van der Waals surface area contributed by atoms with Gasteiger partial charge in [-0.25, -0.2) is 0 Å². The fraction of sp³-hybridized carbons (Fsp3) is 0.360. The summed E-state index contributed by atoms with van der Waals surface area (Å²) in [6.45, 7) is 7.49. The molecule has 31 heavy (non-hydrogen) atoms. The van der Waals surface area contributed by atoms with E-state index in [-0.39, 0.29) is 0 Å². The number of aryl methyl sites for hydroxylation is 2. The van der Waals surface area contributed by atoms with Crippen molar-refractivity contribution in [2.75, 3.05) is 29.2 Å². The summed E-state index contributed by atoms with van der Waals surface area (Å²) in [5.74, 6) is 3.13. The van der Waals surface area contributed by atoms with Crippen molar-refractivity contribution in [2.45, 2.75) is 46.1 Å². The molecule has 4 rings (SSSR count). The minimum atomic E-state index is 0.464. The average molecular weight is 418 g/mol. The van der Waals surface area contributed by atoms with Crippen LogP contribution < -0.4 is 20.3 Å². The molecule has 1 saturated heterocycles. The quantitative estimate of drug-likeness (QED) is 0.515. The third kappa shape index (κ3) is 5.08. The van der Waals surface area contributed by atoms with Gasteiger partial charge in [0.1, 0.15) is 17.4 Å². The third-order valence-corrected chi connectivity index (χ3v) is 5.81. The van der Waals surface area contributed by atoms with E-state index in [1.807, 2.05) is 24.3 Å². The number of piperidine rings is 1. The van der Waals surface area contributed by atoms with Crippen molar-refractivity contribution in [2.24, 2.45) is 0 Å². The van der Waals surface area contributed by atoms with E-state index in [0.29, 0.717) is 12.0 Å². The second-order valence-corrected chi connectivity index (χ2v) is 8.27. The first kappa shape index (κ1) is 21.0. The smallest absolute Gasteiger partial charge is 0.231 e. The first-order chi connectivity index (χ1) is 15.0. The Morgan fingerprint density at radius 1 is 0.968 bits per heavy atom. The first-order valence-electron chi connectivity index (χ1n) is 10.9. The molecule has 1 aliphatic rings. The molecule has 1 aromatic heterocycles. The van der Waals surface area contributed by atoms with Gasteiger partial charge in [-0.3, -0.25) is 0 Å². The third-order valence-electron chi connectivity index (χ3n) is 5.81. The fourth-order valence-electron chi connectivity index (χ4n) is 3.95. The van der Waals surface area contributed by atoms with E-state index in [4.69, 9.17) is 14.7 Å². The molecule has 1 atom stereocenters. The fourth-order valence-corrected chi connectivity index (χ4v) is 3.95. The van der Waals surface area contributed by atoms with Crippen molar-refractivity contribution in [3.63, 3.8) is 0 Å². The Hall–Kier alpha value is -3.28. The molecule has 1 fully saturated rings. The lowest BCUT2D eigenvalue weighted by molar-refractivity contribution is 0.415. The number of benzene rings is 2. The largest absolute Gasteiger partial charge is 0.497 e. The number of nitrogens with one attached hydrogen (secondary N) is 2. The second kappa shape index (κ2) is 9.25. The topological polar surface area (TPSA) is 62.3 Å². The number of ether oxygens (including phenoxy) is 1. The van der Waals surface area contributed by atoms with Crippen molar-refractivity contribution in [3.8, 4) is 5.75 Å². The summed E-state index contributed by atoms with van der Waals surface area (Å²) in [5, 5.41) is 6.87. The Morgan fingerprint density at radius 2 is 1.77 bits per heavy atom. The Balaban J connectivity index is 1.68. The average Bonchev–Trinajstić information content (AvgIpc) is 2.77. The van der Waals surface area contributed by atoms with Crippen LogP contribution in [0.3, 0.4) is 0 Å². The number of aromatic nitrogens is 2. The number of hydrogen-bond donors (Lipinski definition) is 2. The Morgan fingerprint density at radius 3 is 2.52 bits per heavy atom. The van der Waals surface area contributed by atoms with Crippen LogP contribution in [0.2, 0.25) is 0 Å². The van der Waals surface area contributed by atoms with E-state index < -0.39 is 0 Å². The molecule has 0 bridgehead atoms. The maximum atomic E-state index is 5.26. The van der Waals surface area contributed by atoms with E-state index >= 15 is 0 Å². The van der Waals surface area contributed by atoms with Gasteiger partial charge in [-0.05, 0) is 81.5 Å². The molecule has 1 unspecified atom stereocenters. The summed E-state index contributed by atoms with van der Waals surface area (Å²) in [5.41, 5.74) is 4.37. The van der Waals surface area contributed by atoms with Gasteiger partial charge in [-0.1, -0.05) is 12.1 Å². The lowest BCUT2D eigenvalue weighted by Gasteiger charge is -2.34. The van der Waals surface area contributed by atoms with Crippen LogP contribution in [-0.4, -0.2) is 29.7 Å². The predicted octanol–water partition coefficient (Wildman–Crippen LogP) is 5.97. The Bertz CT molecular complexity index is 1030. The Labute approximate surface area is 184 Å². The van der Waals surface area contributed by atoms with Crippen molar-refractivity contribution >= 4 is 29.0 Å². The monoisotopic (exact) mass is 417 g/mol. The lowest BCUT2D eigenvalue weighted by Crippen LogP contribution is -2.38. The summed E-state index contributed by atoms with van der Waals surface area (Å²) in [7, 11) is 1.67. The van der Waals surface area contributed by atoms with E-state index in [1.54, 1.807) is 7.11 Å². The second-order valence-electron chi connectivity index (χ2n) is 8.27. The first-order valence-corrected chi connectivity index (χ1v) is 10.9. The maximum absolute atomic E-state index is 5.26. The van der Waals surface area contributed by atoms with Crippen LogP contribution in [0.5, 0.6) is 5.75 Å². The highest BCUT2D eigenvalue weighted by Crippen LogP contribution is 2.29. The highest BCUT2D eigenvalue weighted by molar-refractivity contribution is 5.66. The molecule has 2 heterocycles. The van der Waals surface area contributed by atoms with Gasteiger partial charge in [0.2, 0.25) is 5.95 Å². The van der Waals surface area contributed by atoms with Gasteiger partial charge in [0.25, 0.3) is 0 Å². The van der Waals surface area contributed by atoms with Gasteiger partial charge < -0.3 is 20.3 Å². The van der Waals surface area contributed by atoms with Crippen LogP contribution >= 0.6 is 0 Å². The standard InChI is InChI=1S/C25H31N5O/c1-17-8-9-18(2)22(15-17)27-23-16-24(30-14-6-5-7-19(30)3)29-25(28-23)26-20-10-12-21(31-4)13-11-20/h8-13,15-16,19H,5-7,14H2,1-4H3,(H2,26,27,28,29). The molecule has 3 aromatic rings. The molecule has 2 aromatic carbocycles. The molecule has 6 nitrogen and oxygen atoms in total. The van der Waals surface area contributed by atoms with Crippen molar-refractivity contribution < 1.29 is 4.74 Å². The number of nitrogens with zero attached hydrogens (tertiary/aromatic N) is 3. The summed E-state index contributed by atoms with van der Waals surface area (Å²) in [4.78, 5) is 12.0. The van der Waals surface area contributed by atoms with Crippen molar-refractivity contribution in [1.82, 2.24) is 9.97 Å². The van der Waals surface area contributed by atoms with Crippen molar-refractivity contribution in [1.29, 1.82) is 0 Å². The van der Waals surface area contributed by atoms with Crippen LogP contribution in [0.15, 0.2) is 48.5 Å². The van der Waals surface area contributed by atoms with E-state index in [0.717, 1.165) is 35.3 Å². The minimum absolute atomic E-state index is 0.464. The van der Waals surface area contributed by atoms with Crippen molar-refractivity contribution in [3.05, 3.63) is 59.7 Å². The number of rotatable bonds is 6. The molecule has 6 heteroatoms. The summed E-state index contributed by atoms with van der Waals surface area (Å²) in [6, 6.07) is 16.7. The highest BCUT2D eigenvalue weighted by atomic mass is 16.5. The molecular weight excluding hydrogens is 386 g/mol. The van der Waals surface area contributed by atoms with E-state index in [2.05, 4.69) is 60.6 Å². The summed E-state index contributed by atoms with van der Waals surface area (Å²) >= 11 is 0. The van der Waals surface area contributed by atoms with Gasteiger partial charge >= 0.3 is 0 Å². The van der Waals surface area contributed by atoms with Gasteiger partial charge in [0, 0.05) is 30.0 Å². The predicted molar refractivity (Wildman–Crippen MR) is 128 cm³/mol. The molecule has 0 saturated carbocycles. The molecule has 162 valence electrons. The number of hydrogen-bond acceptors (Lipinski definition) is 6. The zero-order valence-corrected chi connectivity index (χ0v) is 18.8. The normalized spacial score (nSPS) is 16.1. The lowest BCUT2D eigenvalue weighted by atomic mass is 10.0. The zero-order chi connectivity index (χ0) is 21.8. The molecule has 0 amide bonds. The maximum Gasteiger partial charge on any atom is 0.231 e. The zero-order valence-electron chi connectivity index (χ0n) is 18.8. The molecule has 0 radical (unpaired) electrons. The van der Waals surface area contributed by atoms with Crippen LogP contribution in [0.4, 0.5) is 29.0 Å². The van der Waals surface area contributed by atoms with Crippen LogP contribution in [0, 0.1) is 13.8 Å². The highest BCUT2D eigenvalue weighted by Gasteiger charge is 2.21. The SMILES string of the molecule is COc1ccc(Nc2nc(Nc3cc(C)ccc3C)cc(N3CCCCC3C)n2)cc1. The summed E-state index contributed by atoms with van der Waals surface area (Å²) in [6.07, 6.45) is 3.65.